The molecule has 0 saturated carbocycles. The van der Waals surface area contributed by atoms with Crippen LogP contribution in [0.5, 0.6) is 0 Å². The minimum Gasteiger partial charge on any atom is -0.459 e. The summed E-state index contributed by atoms with van der Waals surface area (Å²) in [5.41, 5.74) is -2.39. The summed E-state index contributed by atoms with van der Waals surface area (Å²) in [7, 11) is 0. The monoisotopic (exact) mass is 774 g/mol. The van der Waals surface area contributed by atoms with Crippen LogP contribution in [0.4, 0.5) is 0 Å². The summed E-state index contributed by atoms with van der Waals surface area (Å²) in [6.07, 6.45) is 16.3. The van der Waals surface area contributed by atoms with E-state index in [1.54, 1.807) is 85.5 Å². The van der Waals surface area contributed by atoms with Gasteiger partial charge in [0.15, 0.2) is 0 Å². The first kappa shape index (κ1) is 46.9. The molecule has 1 N–H and O–H groups in total. The van der Waals surface area contributed by atoms with Gasteiger partial charge in [-0.25, -0.2) is 9.97 Å². The number of nitrogens with zero attached hydrogens (tertiary/aromatic N) is 6. The highest BCUT2D eigenvalue weighted by atomic mass is 16.6. The van der Waals surface area contributed by atoms with E-state index < -0.39 is 53.7 Å². The summed E-state index contributed by atoms with van der Waals surface area (Å²) >= 11 is 0. The molecule has 0 bridgehead atoms. The van der Waals surface area contributed by atoms with Gasteiger partial charge in [0.05, 0.1) is 13.1 Å². The number of nitrogens with one attached hydrogen (secondary N) is 1. The third kappa shape index (κ3) is 20.3. The largest absolute Gasteiger partial charge is 0.459 e. The molecule has 310 valence electrons. The van der Waals surface area contributed by atoms with Gasteiger partial charge in [-0.3, -0.25) is 24.0 Å². The van der Waals surface area contributed by atoms with E-state index in [1.165, 1.54) is 60.6 Å². The number of ether oxygens (including phenoxy) is 3. The van der Waals surface area contributed by atoms with Gasteiger partial charge in [0.2, 0.25) is 11.8 Å². The fraction of sp³-hybridized carbons (Fsp3) is 0.725. The van der Waals surface area contributed by atoms with Crippen molar-refractivity contribution >= 4 is 29.7 Å². The molecule has 0 atom stereocenters. The van der Waals surface area contributed by atoms with E-state index in [0.717, 1.165) is 17.9 Å². The average molecular weight is 774 g/mol. The summed E-state index contributed by atoms with van der Waals surface area (Å²) in [4.78, 5) is 77.3. The van der Waals surface area contributed by atoms with E-state index in [2.05, 4.69) is 22.2 Å². The van der Waals surface area contributed by atoms with Crippen molar-refractivity contribution in [2.75, 3.05) is 26.2 Å². The molecule has 0 fully saturated rings. The lowest BCUT2D eigenvalue weighted by Gasteiger charge is -2.27. The van der Waals surface area contributed by atoms with Crippen LogP contribution in [0.3, 0.4) is 0 Å². The van der Waals surface area contributed by atoms with E-state index in [9.17, 15) is 24.0 Å². The smallest absolute Gasteiger partial charge is 0.326 e. The van der Waals surface area contributed by atoms with Crippen LogP contribution in [0.1, 0.15) is 132 Å². The Morgan fingerprint density at radius 3 is 1.47 bits per heavy atom. The molecule has 0 aliphatic carbocycles. The number of imidazole rings is 2. The predicted octanol–water partition coefficient (Wildman–Crippen LogP) is 5.19. The van der Waals surface area contributed by atoms with E-state index in [4.69, 9.17) is 14.2 Å². The van der Waals surface area contributed by atoms with Gasteiger partial charge in [-0.2, -0.15) is 0 Å². The quantitative estimate of drug-likeness (QED) is 0.0897. The van der Waals surface area contributed by atoms with Crippen LogP contribution >= 0.6 is 0 Å². The van der Waals surface area contributed by atoms with Crippen LogP contribution in [-0.4, -0.2) is 102 Å². The second-order valence-electron chi connectivity index (χ2n) is 16.9. The van der Waals surface area contributed by atoms with Crippen LogP contribution in [0.15, 0.2) is 24.8 Å². The molecule has 15 nitrogen and oxygen atoms in total. The minimum absolute atomic E-state index is 0.0865. The van der Waals surface area contributed by atoms with E-state index >= 15 is 0 Å². The highest BCUT2D eigenvalue weighted by Gasteiger charge is 2.28. The Labute approximate surface area is 327 Å². The van der Waals surface area contributed by atoms with E-state index in [-0.39, 0.29) is 32.1 Å². The standard InChI is InChI=1S/C40H67N7O8/c1-11-12-13-14-15-16-17-18-19-41-24-31-42-20-22-44(31)26-33(48)46(28-35(50)53-38(2,3)4)25-32-43-21-23-45(32)27-34(49)47(29-36(51)54-39(5,6)7)30-37(52)55-40(8,9)10/h20-23,41H,11-19,24-30H2,1-10H3. The van der Waals surface area contributed by atoms with Gasteiger partial charge in [-0.15, -0.1) is 0 Å². The van der Waals surface area contributed by atoms with Crippen molar-refractivity contribution in [2.24, 2.45) is 0 Å². The molecule has 55 heavy (non-hydrogen) atoms. The SMILES string of the molecule is CCCCCCCCCCNCc1nccn1CC(=O)N(CC(=O)OC(C)(C)C)Cc1nccn1CC(=O)N(CC(=O)OC(C)(C)C)CC(=O)OC(C)(C)C. The van der Waals surface area contributed by atoms with Crippen molar-refractivity contribution in [3.05, 3.63) is 36.4 Å². The summed E-state index contributed by atoms with van der Waals surface area (Å²) in [6.45, 7) is 17.2. The average Bonchev–Trinajstić information content (AvgIpc) is 3.67. The normalized spacial score (nSPS) is 12.0. The van der Waals surface area contributed by atoms with Gasteiger partial charge in [-0.05, 0) is 75.3 Å². The van der Waals surface area contributed by atoms with Crippen LogP contribution < -0.4 is 5.32 Å². The number of carbonyl (C=O) groups is 5. The molecule has 0 aliphatic rings. The molecule has 0 aromatic carbocycles. The van der Waals surface area contributed by atoms with E-state index in [1.807, 2.05) is 0 Å². The summed E-state index contributed by atoms with van der Waals surface area (Å²) in [5, 5.41) is 3.43. The number of aromatic nitrogens is 4. The van der Waals surface area contributed by atoms with E-state index in [0.29, 0.717) is 18.2 Å². The number of hydrogen-bond donors (Lipinski definition) is 1. The van der Waals surface area contributed by atoms with Crippen LogP contribution in [0.25, 0.3) is 0 Å². The number of esters is 3. The minimum atomic E-state index is -0.805. The fourth-order valence-electron chi connectivity index (χ4n) is 5.59. The predicted molar refractivity (Wildman–Crippen MR) is 208 cm³/mol. The second-order valence-corrected chi connectivity index (χ2v) is 16.9. The van der Waals surface area contributed by atoms with Crippen LogP contribution in [0.2, 0.25) is 0 Å². The fourth-order valence-corrected chi connectivity index (χ4v) is 5.59. The van der Waals surface area contributed by atoms with Crippen molar-refractivity contribution in [1.29, 1.82) is 0 Å². The first-order valence-electron chi connectivity index (χ1n) is 19.6. The molecule has 15 heteroatoms. The zero-order chi connectivity index (χ0) is 41.2. The van der Waals surface area contributed by atoms with Crippen molar-refractivity contribution < 1.29 is 38.2 Å². The maximum Gasteiger partial charge on any atom is 0.326 e. The van der Waals surface area contributed by atoms with Gasteiger partial charge in [-0.1, -0.05) is 51.9 Å². The van der Waals surface area contributed by atoms with Gasteiger partial charge < -0.3 is 38.5 Å². The number of unbranched alkanes of at least 4 members (excludes halogenated alkanes) is 7. The number of hydrogen-bond acceptors (Lipinski definition) is 11. The highest BCUT2D eigenvalue weighted by Crippen LogP contribution is 2.14. The number of rotatable bonds is 23. The summed E-state index contributed by atoms with van der Waals surface area (Å²) < 4.78 is 19.6. The van der Waals surface area contributed by atoms with Crippen molar-refractivity contribution in [3.63, 3.8) is 0 Å². The number of amides is 2. The Balaban J connectivity index is 2.18. The molecular formula is C40H67N7O8. The lowest BCUT2D eigenvalue weighted by atomic mass is 10.1. The molecule has 2 heterocycles. The molecule has 2 aromatic heterocycles. The molecule has 0 radical (unpaired) electrons. The maximum absolute atomic E-state index is 13.9. The first-order valence-corrected chi connectivity index (χ1v) is 19.6. The molecular weight excluding hydrogens is 706 g/mol. The van der Waals surface area contributed by atoms with Gasteiger partial charge >= 0.3 is 17.9 Å². The molecule has 0 aliphatic heterocycles. The third-order valence-corrected chi connectivity index (χ3v) is 7.96. The zero-order valence-electron chi connectivity index (χ0n) is 35.1. The molecule has 0 saturated heterocycles. The first-order chi connectivity index (χ1) is 25.7. The highest BCUT2D eigenvalue weighted by molar-refractivity contribution is 5.86. The maximum atomic E-state index is 13.9. The summed E-state index contributed by atoms with van der Waals surface area (Å²) in [6, 6.07) is 0. The topological polar surface area (TPSA) is 167 Å². The second kappa shape index (κ2) is 22.3. The van der Waals surface area contributed by atoms with Crippen molar-refractivity contribution in [3.8, 4) is 0 Å². The lowest BCUT2D eigenvalue weighted by molar-refractivity contribution is -0.164. The molecule has 0 spiro atoms. The van der Waals surface area contributed by atoms with Crippen molar-refractivity contribution in [2.45, 2.75) is 164 Å². The molecule has 0 unspecified atom stereocenters. The van der Waals surface area contributed by atoms with Crippen LogP contribution in [-0.2, 0) is 64.4 Å². The zero-order valence-corrected chi connectivity index (χ0v) is 35.1. The number of carbonyl (C=O) groups excluding carboxylic acids is 5. The Morgan fingerprint density at radius 2 is 1.00 bits per heavy atom. The Hall–Kier alpha value is -4.27. The van der Waals surface area contributed by atoms with Crippen LogP contribution in [0, 0.1) is 0 Å². The molecule has 2 aromatic rings. The molecule has 2 amide bonds. The summed E-state index contributed by atoms with van der Waals surface area (Å²) in [5.74, 6) is -1.95. The van der Waals surface area contributed by atoms with Gasteiger partial charge in [0.25, 0.3) is 0 Å². The lowest BCUT2D eigenvalue weighted by Crippen LogP contribution is -2.44. The van der Waals surface area contributed by atoms with Gasteiger partial charge in [0.1, 0.15) is 61.2 Å². The van der Waals surface area contributed by atoms with Gasteiger partial charge in [0, 0.05) is 24.8 Å². The Morgan fingerprint density at radius 1 is 0.600 bits per heavy atom. The Kier molecular flexibility index (Phi) is 19.0. The van der Waals surface area contributed by atoms with Crippen molar-refractivity contribution in [1.82, 2.24) is 34.2 Å². The molecule has 2 rings (SSSR count). The Bertz CT molecular complexity index is 1480. The third-order valence-electron chi connectivity index (χ3n) is 7.96.